The van der Waals surface area contributed by atoms with Crippen molar-refractivity contribution in [2.45, 2.75) is 0 Å². The third-order valence-electron chi connectivity index (χ3n) is 0.354. The second-order valence-corrected chi connectivity index (χ2v) is 0.907. The van der Waals surface area contributed by atoms with Gasteiger partial charge < -0.3 is 29.3 Å². The van der Waals surface area contributed by atoms with Crippen LogP contribution in [0.2, 0.25) is 0 Å². The average Bonchev–Trinajstić information content (AvgIpc) is 1.63. The van der Waals surface area contributed by atoms with Gasteiger partial charge in [-0.05, 0) is 0 Å². The molecule has 0 unspecified atom stereocenters. The van der Waals surface area contributed by atoms with Gasteiger partial charge >= 0.3 is 37.7 Å². The summed E-state index contributed by atoms with van der Waals surface area (Å²) in [5.74, 6) is 0. The van der Waals surface area contributed by atoms with Crippen molar-refractivity contribution >= 4 is 12.3 Å². The molecule has 0 aromatic heterocycles. The van der Waals surface area contributed by atoms with Crippen LogP contribution in [0.5, 0.6) is 0 Å². The summed E-state index contributed by atoms with van der Waals surface area (Å²) in [6.45, 7) is -0.912. The maximum atomic E-state index is 9.35. The van der Waals surface area contributed by atoms with E-state index in [0.29, 0.717) is 0 Å². The van der Waals surface area contributed by atoms with Crippen LogP contribution in [0.3, 0.4) is 0 Å². The fourth-order valence-electron chi connectivity index (χ4n) is 0.126. The first kappa shape index (κ1) is 17.0. The molecule has 0 radical (unpaired) electrons. The van der Waals surface area contributed by atoms with Crippen molar-refractivity contribution in [1.29, 1.82) is 0 Å². The summed E-state index contributed by atoms with van der Waals surface area (Å²) >= 11 is 0. The van der Waals surface area contributed by atoms with Crippen LogP contribution in [0.15, 0.2) is 0 Å². The van der Waals surface area contributed by atoms with E-state index in [1.807, 2.05) is 0 Å². The van der Waals surface area contributed by atoms with E-state index in [9.17, 15) is 19.8 Å². The molecule has 0 amide bonds. The molecule has 11 heavy (non-hydrogen) atoms. The Morgan fingerprint density at radius 2 is 1.27 bits per heavy atom. The van der Waals surface area contributed by atoms with E-state index in [2.05, 4.69) is 9.47 Å². The quantitative estimate of drug-likeness (QED) is 0.219. The molecule has 0 aliphatic carbocycles. The molecule has 0 aromatic carbocycles. The molecule has 0 aliphatic rings. The summed E-state index contributed by atoms with van der Waals surface area (Å²) in [5.41, 5.74) is 0. The van der Waals surface area contributed by atoms with Crippen molar-refractivity contribution < 1.29 is 67.0 Å². The minimum atomic E-state index is -1.85. The zero-order valence-electron chi connectivity index (χ0n) is 6.16. The van der Waals surface area contributed by atoms with E-state index in [-0.39, 0.29) is 37.7 Å². The van der Waals surface area contributed by atoms with Crippen molar-refractivity contribution in [3.63, 3.8) is 0 Å². The Morgan fingerprint density at radius 3 is 1.45 bits per heavy atom. The van der Waals surface area contributed by atoms with Gasteiger partial charge in [0.25, 0.3) is 12.3 Å². The molecule has 0 spiro atoms. The molecule has 6 nitrogen and oxygen atoms in total. The Morgan fingerprint density at radius 1 is 1.00 bits per heavy atom. The Bertz CT molecular complexity index is 111. The van der Waals surface area contributed by atoms with Gasteiger partial charge in [0, 0.05) is 0 Å². The summed E-state index contributed by atoms with van der Waals surface area (Å²) in [6.07, 6.45) is -3.70. The molecular weight excluding hydrogens is 146 g/mol. The van der Waals surface area contributed by atoms with Gasteiger partial charge in [-0.2, -0.15) is 0 Å². The van der Waals surface area contributed by atoms with E-state index in [4.69, 9.17) is 0 Å². The van der Waals surface area contributed by atoms with Crippen molar-refractivity contribution in [2.24, 2.45) is 0 Å². The van der Waals surface area contributed by atoms with Crippen LogP contribution in [0, 0.1) is 0 Å². The third kappa shape index (κ3) is 17.7. The topological polar surface area (TPSA) is 98.7 Å². The predicted octanol–water partition coefficient (Wildman–Crippen LogP) is -8.33. The van der Waals surface area contributed by atoms with E-state index in [0.717, 1.165) is 0 Å². The van der Waals surface area contributed by atoms with E-state index in [1.165, 1.54) is 0 Å². The number of carbonyl (C=O) groups excluding carboxylic acids is 2. The first-order chi connectivity index (χ1) is 4.13. The van der Waals surface area contributed by atoms with Gasteiger partial charge in [0.15, 0.2) is 0 Å². The zero-order chi connectivity index (χ0) is 7.28. The zero-order valence-corrected chi connectivity index (χ0v) is 6.16. The van der Waals surface area contributed by atoms with E-state index < -0.39 is 19.1 Å². The summed E-state index contributed by atoms with van der Waals surface area (Å²) < 4.78 is 7.03. The van der Waals surface area contributed by atoms with Crippen molar-refractivity contribution in [3.8, 4) is 0 Å². The number of hydrogen-bond donors (Lipinski definition) is 0. The van der Waals surface area contributed by atoms with Crippen molar-refractivity contribution in [1.82, 2.24) is 0 Å². The fraction of sp³-hybridized carbons (Fsp3) is 0.333. The van der Waals surface area contributed by atoms with Crippen LogP contribution in [0.1, 0.15) is 0 Å². The van der Waals surface area contributed by atoms with Gasteiger partial charge in [0.05, 0.1) is 0 Å². The Labute approximate surface area is 86.2 Å². The molecule has 0 aliphatic heterocycles. The molecule has 8 heteroatoms. The van der Waals surface area contributed by atoms with Crippen LogP contribution in [-0.4, -0.2) is 19.1 Å². The van der Waals surface area contributed by atoms with Crippen molar-refractivity contribution in [3.05, 3.63) is 0 Å². The van der Waals surface area contributed by atoms with Gasteiger partial charge in [0.2, 0.25) is 0 Å². The number of hydrogen-bond acceptors (Lipinski definition) is 6. The number of carbonyl (C=O) groups is 2. The molecule has 0 fully saturated rings. The molecule has 0 saturated heterocycles. The van der Waals surface area contributed by atoms with Gasteiger partial charge in [-0.15, -0.1) is 0 Å². The van der Waals surface area contributed by atoms with Gasteiger partial charge in [-0.1, -0.05) is 0 Å². The van der Waals surface area contributed by atoms with Gasteiger partial charge in [0.1, 0.15) is 6.79 Å². The molecule has 0 N–H and O–H groups in total. The summed E-state index contributed by atoms with van der Waals surface area (Å²) in [7, 11) is 0. The molecule has 0 heterocycles. The minimum Gasteiger partial charge on any atom is -0.529 e. The minimum absolute atomic E-state index is 0. The largest absolute Gasteiger partial charge is 1.00 e. The van der Waals surface area contributed by atoms with E-state index in [1.54, 1.807) is 0 Å². The SMILES string of the molecule is O=C([O-])OCOC(=O)[O-].[Li+].[Li+]. The maximum absolute atomic E-state index is 9.35. The second-order valence-electron chi connectivity index (χ2n) is 0.907. The number of ether oxygens (including phenoxy) is 2. The average molecular weight is 148 g/mol. The molecule has 52 valence electrons. The van der Waals surface area contributed by atoms with E-state index >= 15 is 0 Å². The van der Waals surface area contributed by atoms with Gasteiger partial charge in [-0.25, -0.2) is 0 Å². The monoisotopic (exact) mass is 148 g/mol. The maximum Gasteiger partial charge on any atom is 1.00 e. The standard InChI is InChI=1S/C3H4O6.2Li/c4-2(5)8-1-9-3(6)7;;/h1H2,(H,4,5)(H,6,7);;/q;2*+1/p-2. The fourth-order valence-corrected chi connectivity index (χ4v) is 0.126. The number of rotatable bonds is 2. The van der Waals surface area contributed by atoms with Crippen LogP contribution in [0.25, 0.3) is 0 Å². The van der Waals surface area contributed by atoms with Crippen LogP contribution in [-0.2, 0) is 9.47 Å². The first-order valence-corrected chi connectivity index (χ1v) is 1.80. The summed E-state index contributed by atoms with van der Waals surface area (Å²) in [5, 5.41) is 18.7. The van der Waals surface area contributed by atoms with Crippen LogP contribution in [0.4, 0.5) is 9.59 Å². The molecule has 0 bridgehead atoms. The molecule has 0 atom stereocenters. The number of carboxylic acid groups (broad SMARTS) is 2. The Kier molecular flexibility index (Phi) is 15.0. The second kappa shape index (κ2) is 9.73. The normalized spacial score (nSPS) is 6.55. The molecular formula is C3H2Li2O6. The van der Waals surface area contributed by atoms with Crippen molar-refractivity contribution in [2.75, 3.05) is 6.79 Å². The Balaban J connectivity index is -0.000000320. The Hall–Kier alpha value is -0.265. The van der Waals surface area contributed by atoms with Crippen LogP contribution >= 0.6 is 0 Å². The molecule has 0 saturated carbocycles. The third-order valence-corrected chi connectivity index (χ3v) is 0.354. The molecule has 0 rings (SSSR count). The smallest absolute Gasteiger partial charge is 0.529 e. The first-order valence-electron chi connectivity index (χ1n) is 1.80. The summed E-state index contributed by atoms with van der Waals surface area (Å²) in [4.78, 5) is 18.7. The molecule has 0 aromatic rings. The summed E-state index contributed by atoms with van der Waals surface area (Å²) in [6, 6.07) is 0. The van der Waals surface area contributed by atoms with Crippen LogP contribution < -0.4 is 47.9 Å². The van der Waals surface area contributed by atoms with Gasteiger partial charge in [-0.3, -0.25) is 0 Å². The predicted molar refractivity (Wildman–Crippen MR) is 17.8 cm³/mol.